The summed E-state index contributed by atoms with van der Waals surface area (Å²) < 4.78 is 15.4. The van der Waals surface area contributed by atoms with E-state index in [0.717, 1.165) is 5.56 Å². The molecule has 0 heterocycles. The van der Waals surface area contributed by atoms with Gasteiger partial charge in [0, 0.05) is 6.07 Å². The second kappa shape index (κ2) is 8.93. The average Bonchev–Trinajstić information content (AvgIpc) is 2.61. The maximum atomic E-state index is 11.7. The van der Waals surface area contributed by atoms with E-state index >= 15 is 0 Å². The molecule has 2 aromatic rings. The van der Waals surface area contributed by atoms with E-state index in [-0.39, 0.29) is 19.6 Å². The van der Waals surface area contributed by atoms with Gasteiger partial charge in [0.25, 0.3) is 0 Å². The van der Waals surface area contributed by atoms with Crippen molar-refractivity contribution in [3.63, 3.8) is 0 Å². The van der Waals surface area contributed by atoms with Gasteiger partial charge in [0.15, 0.2) is 0 Å². The maximum absolute atomic E-state index is 11.7. The maximum Gasteiger partial charge on any atom is 0.375 e. The second-order valence-electron chi connectivity index (χ2n) is 4.88. The average molecular weight is 349 g/mol. The van der Waals surface area contributed by atoms with Gasteiger partial charge in [-0.1, -0.05) is 41.9 Å². The molecule has 0 aliphatic carbocycles. The molecule has 0 aromatic heterocycles. The number of halogens is 1. The first kappa shape index (κ1) is 17.8. The summed E-state index contributed by atoms with van der Waals surface area (Å²) in [6.07, 6.45) is -0.0873. The van der Waals surface area contributed by atoms with Crippen LogP contribution in [0.3, 0.4) is 0 Å². The third kappa shape index (κ3) is 5.28. The topological polar surface area (TPSA) is 61.8 Å². The minimum Gasteiger partial charge on any atom is -0.497 e. The predicted molar refractivity (Wildman–Crippen MR) is 89.4 cm³/mol. The summed E-state index contributed by atoms with van der Waals surface area (Å²) in [6, 6.07) is 14.1. The zero-order valence-electron chi connectivity index (χ0n) is 13.2. The van der Waals surface area contributed by atoms with E-state index < -0.39 is 11.8 Å². The molecule has 0 bridgehead atoms. The van der Waals surface area contributed by atoms with Crippen molar-refractivity contribution >= 4 is 23.4 Å². The Balaban J connectivity index is 1.75. The van der Waals surface area contributed by atoms with E-state index in [9.17, 15) is 9.59 Å². The highest BCUT2D eigenvalue weighted by Gasteiger charge is 2.16. The predicted octanol–water partition coefficient (Wildman–Crippen LogP) is 3.43. The Morgan fingerprint density at radius 2 is 1.83 bits per heavy atom. The molecule has 0 aliphatic rings. The zero-order chi connectivity index (χ0) is 17.4. The Labute approximate surface area is 145 Å². The van der Waals surface area contributed by atoms with Crippen molar-refractivity contribution in [1.29, 1.82) is 0 Å². The molecule has 126 valence electrons. The highest BCUT2D eigenvalue weighted by molar-refractivity contribution is 6.33. The van der Waals surface area contributed by atoms with E-state index in [2.05, 4.69) is 0 Å². The molecule has 0 saturated heterocycles. The Kier molecular flexibility index (Phi) is 6.63. The van der Waals surface area contributed by atoms with E-state index in [1.165, 1.54) is 7.11 Å². The number of rotatable bonds is 8. The number of esters is 1. The first-order valence-corrected chi connectivity index (χ1v) is 7.68. The van der Waals surface area contributed by atoms with E-state index in [1.807, 2.05) is 30.3 Å². The van der Waals surface area contributed by atoms with Crippen LogP contribution in [0.25, 0.3) is 0 Å². The van der Waals surface area contributed by atoms with Gasteiger partial charge in [-0.2, -0.15) is 0 Å². The molecule has 0 aliphatic heterocycles. The van der Waals surface area contributed by atoms with E-state index in [4.69, 9.17) is 25.8 Å². The zero-order valence-corrected chi connectivity index (χ0v) is 13.9. The van der Waals surface area contributed by atoms with Gasteiger partial charge in [-0.25, -0.2) is 4.79 Å². The molecule has 0 radical (unpaired) electrons. The highest BCUT2D eigenvalue weighted by Crippen LogP contribution is 2.28. The number of methoxy groups -OCH3 is 1. The standard InChI is InChI=1S/C18H17ClO5/c1-22-14-7-8-17(15(19)11-14)23-10-9-16(20)18(21)24-12-13-5-3-2-4-6-13/h2-8,11H,9-10,12H2,1H3. The molecule has 5 nitrogen and oxygen atoms in total. The SMILES string of the molecule is COc1ccc(OCCC(=O)C(=O)OCc2ccccc2)c(Cl)c1. The lowest BCUT2D eigenvalue weighted by atomic mass is 10.2. The van der Waals surface area contributed by atoms with E-state index in [1.54, 1.807) is 18.2 Å². The Morgan fingerprint density at radius 1 is 1.08 bits per heavy atom. The molecule has 0 amide bonds. The number of hydrogen-bond donors (Lipinski definition) is 0. The number of carbonyl (C=O) groups excluding carboxylic acids is 2. The van der Waals surface area contributed by atoms with Gasteiger partial charge in [-0.3, -0.25) is 4.79 Å². The van der Waals surface area contributed by atoms with E-state index in [0.29, 0.717) is 16.5 Å². The van der Waals surface area contributed by atoms with Crippen LogP contribution in [-0.4, -0.2) is 25.5 Å². The minimum absolute atomic E-state index is 0.0331. The lowest BCUT2D eigenvalue weighted by molar-refractivity contribution is -0.155. The number of hydrogen-bond acceptors (Lipinski definition) is 5. The number of benzene rings is 2. The lowest BCUT2D eigenvalue weighted by Gasteiger charge is -2.09. The Morgan fingerprint density at radius 3 is 2.50 bits per heavy atom. The van der Waals surface area contributed by atoms with Gasteiger partial charge in [0.2, 0.25) is 5.78 Å². The van der Waals surface area contributed by atoms with Crippen LogP contribution in [0.4, 0.5) is 0 Å². The van der Waals surface area contributed by atoms with Crippen LogP contribution < -0.4 is 9.47 Å². The summed E-state index contributed by atoms with van der Waals surface area (Å²) >= 11 is 6.02. The van der Waals surface area contributed by atoms with Crippen molar-refractivity contribution in [3.05, 3.63) is 59.1 Å². The molecule has 2 aromatic carbocycles. The fraction of sp³-hybridized carbons (Fsp3) is 0.222. The van der Waals surface area contributed by atoms with Crippen molar-refractivity contribution in [3.8, 4) is 11.5 Å². The summed E-state index contributed by atoms with van der Waals surface area (Å²) in [5.41, 5.74) is 0.819. The van der Waals surface area contributed by atoms with Crippen molar-refractivity contribution in [2.45, 2.75) is 13.0 Å². The molecule has 0 fully saturated rings. The van der Waals surface area contributed by atoms with Crippen LogP contribution in [0.1, 0.15) is 12.0 Å². The van der Waals surface area contributed by atoms with Crippen molar-refractivity contribution < 1.29 is 23.8 Å². The van der Waals surface area contributed by atoms with Crippen molar-refractivity contribution in [2.24, 2.45) is 0 Å². The van der Waals surface area contributed by atoms with Gasteiger partial charge in [-0.05, 0) is 17.7 Å². The van der Waals surface area contributed by atoms with Gasteiger partial charge < -0.3 is 14.2 Å². The largest absolute Gasteiger partial charge is 0.497 e. The quantitative estimate of drug-likeness (QED) is 0.540. The number of ether oxygens (including phenoxy) is 3. The second-order valence-corrected chi connectivity index (χ2v) is 5.29. The van der Waals surface area contributed by atoms with Crippen LogP contribution in [0.5, 0.6) is 11.5 Å². The summed E-state index contributed by atoms with van der Waals surface area (Å²) in [5, 5.41) is 0.369. The molecule has 0 atom stereocenters. The first-order valence-electron chi connectivity index (χ1n) is 7.30. The summed E-state index contributed by atoms with van der Waals surface area (Å²) in [6.45, 7) is 0.0991. The van der Waals surface area contributed by atoms with Crippen LogP contribution in [0.15, 0.2) is 48.5 Å². The third-order valence-corrected chi connectivity index (χ3v) is 3.46. The van der Waals surface area contributed by atoms with Crippen LogP contribution in [0.2, 0.25) is 5.02 Å². The molecule has 0 unspecified atom stereocenters. The third-order valence-electron chi connectivity index (χ3n) is 3.17. The highest BCUT2D eigenvalue weighted by atomic mass is 35.5. The first-order chi connectivity index (χ1) is 11.6. The normalized spacial score (nSPS) is 10.1. The smallest absolute Gasteiger partial charge is 0.375 e. The van der Waals surface area contributed by atoms with Crippen molar-refractivity contribution in [1.82, 2.24) is 0 Å². The van der Waals surface area contributed by atoms with Gasteiger partial charge in [-0.15, -0.1) is 0 Å². The van der Waals surface area contributed by atoms with Gasteiger partial charge in [0.05, 0.1) is 25.2 Å². The Bertz CT molecular complexity index is 700. The Hall–Kier alpha value is -2.53. The number of carbonyl (C=O) groups is 2. The molecule has 0 saturated carbocycles. The lowest BCUT2D eigenvalue weighted by Crippen LogP contribution is -2.19. The number of ketones is 1. The van der Waals surface area contributed by atoms with Crippen LogP contribution >= 0.6 is 11.6 Å². The molecule has 2 rings (SSSR count). The van der Waals surface area contributed by atoms with Crippen LogP contribution in [-0.2, 0) is 20.9 Å². The summed E-state index contributed by atoms with van der Waals surface area (Å²) in [4.78, 5) is 23.4. The van der Waals surface area contributed by atoms with Gasteiger partial charge >= 0.3 is 5.97 Å². The minimum atomic E-state index is -0.872. The molecule has 6 heteroatoms. The summed E-state index contributed by atoms with van der Waals surface area (Å²) in [5.74, 6) is -0.491. The molecular formula is C18H17ClO5. The van der Waals surface area contributed by atoms with Crippen molar-refractivity contribution in [2.75, 3.05) is 13.7 Å². The van der Waals surface area contributed by atoms with Gasteiger partial charge in [0.1, 0.15) is 18.1 Å². The molecular weight excluding hydrogens is 332 g/mol. The fourth-order valence-corrected chi connectivity index (χ4v) is 2.11. The molecule has 0 spiro atoms. The monoisotopic (exact) mass is 348 g/mol. The summed E-state index contributed by atoms with van der Waals surface area (Å²) in [7, 11) is 1.53. The fourth-order valence-electron chi connectivity index (χ4n) is 1.88. The molecule has 0 N–H and O–H groups in total. The molecule has 24 heavy (non-hydrogen) atoms. The number of Topliss-reactive ketones (excluding diaryl/α,β-unsaturated/α-hetero) is 1. The van der Waals surface area contributed by atoms with Crippen LogP contribution in [0, 0.1) is 0 Å².